The minimum Gasteiger partial charge on any atom is -0.373 e. The number of fused-ring (bicyclic) bond motifs is 5. The molecule has 0 aliphatic carbocycles. The third-order valence-corrected chi connectivity index (χ3v) is 7.06. The summed E-state index contributed by atoms with van der Waals surface area (Å²) in [5.74, 6) is 0.344. The zero-order valence-electron chi connectivity index (χ0n) is 16.4. The van der Waals surface area contributed by atoms with Crippen LogP contribution in [0.4, 0.5) is 5.82 Å². The molecule has 9 heteroatoms. The van der Waals surface area contributed by atoms with Crippen LogP contribution in [0.15, 0.2) is 12.4 Å². The van der Waals surface area contributed by atoms with Gasteiger partial charge in [-0.1, -0.05) is 11.6 Å². The lowest BCUT2D eigenvalue weighted by atomic mass is 9.81. The van der Waals surface area contributed by atoms with Crippen LogP contribution in [-0.2, 0) is 14.3 Å². The predicted molar refractivity (Wildman–Crippen MR) is 107 cm³/mol. The van der Waals surface area contributed by atoms with E-state index in [1.807, 2.05) is 0 Å². The van der Waals surface area contributed by atoms with Gasteiger partial charge in [0.15, 0.2) is 11.0 Å². The summed E-state index contributed by atoms with van der Waals surface area (Å²) in [4.78, 5) is 39.9. The van der Waals surface area contributed by atoms with Gasteiger partial charge in [0.25, 0.3) is 0 Å². The molecule has 4 fully saturated rings. The molecular formula is C20H26ClN5O3. The van der Waals surface area contributed by atoms with E-state index >= 15 is 0 Å². The lowest BCUT2D eigenvalue weighted by molar-refractivity contribution is -0.142. The number of unbranched alkanes of at least 4 members (excludes halogenated alkanes) is 1. The number of ether oxygens (including phenoxy) is 1. The van der Waals surface area contributed by atoms with Gasteiger partial charge in [-0.05, 0) is 32.2 Å². The van der Waals surface area contributed by atoms with Gasteiger partial charge in [0.2, 0.25) is 11.8 Å². The van der Waals surface area contributed by atoms with Gasteiger partial charge in [-0.2, -0.15) is 0 Å². The number of hydrogen-bond donors (Lipinski definition) is 0. The van der Waals surface area contributed by atoms with Gasteiger partial charge in [-0.15, -0.1) is 0 Å². The van der Waals surface area contributed by atoms with E-state index in [-0.39, 0.29) is 35.9 Å². The van der Waals surface area contributed by atoms with Crippen LogP contribution in [0, 0.1) is 11.8 Å². The minimum absolute atomic E-state index is 0.00154. The number of likely N-dealkylation sites (tertiary alicyclic amines) is 1. The van der Waals surface area contributed by atoms with Crippen molar-refractivity contribution in [2.75, 3.05) is 44.2 Å². The lowest BCUT2D eigenvalue weighted by Gasteiger charge is -2.35. The van der Waals surface area contributed by atoms with Crippen LogP contribution in [0.3, 0.4) is 0 Å². The molecular weight excluding hydrogens is 394 g/mol. The number of piperazine rings is 1. The highest BCUT2D eigenvalue weighted by Crippen LogP contribution is 2.48. The summed E-state index contributed by atoms with van der Waals surface area (Å²) in [5, 5.41) is 0.449. The second-order valence-corrected chi connectivity index (χ2v) is 8.73. The van der Waals surface area contributed by atoms with Gasteiger partial charge in [-0.3, -0.25) is 19.4 Å². The van der Waals surface area contributed by atoms with Gasteiger partial charge in [-0.25, -0.2) is 9.97 Å². The van der Waals surface area contributed by atoms with E-state index < -0.39 is 0 Å². The van der Waals surface area contributed by atoms with Crippen molar-refractivity contribution in [3.05, 3.63) is 17.5 Å². The molecule has 0 N–H and O–H groups in total. The van der Waals surface area contributed by atoms with Crippen molar-refractivity contribution < 1.29 is 14.3 Å². The summed E-state index contributed by atoms with van der Waals surface area (Å²) in [6.07, 6.45) is 6.89. The number of anilines is 1. The number of nitrogens with zero attached hydrogens (tertiary/aromatic N) is 5. The molecule has 0 radical (unpaired) electrons. The molecule has 5 rings (SSSR count). The van der Waals surface area contributed by atoms with E-state index in [0.29, 0.717) is 11.7 Å². The number of rotatable bonds is 6. The summed E-state index contributed by atoms with van der Waals surface area (Å²) in [6.45, 7) is 5.14. The largest absolute Gasteiger partial charge is 0.373 e. The third-order valence-electron chi connectivity index (χ3n) is 6.79. The highest BCUT2D eigenvalue weighted by atomic mass is 35.5. The van der Waals surface area contributed by atoms with Crippen molar-refractivity contribution in [2.24, 2.45) is 11.8 Å². The van der Waals surface area contributed by atoms with Crippen LogP contribution >= 0.6 is 11.6 Å². The molecule has 0 spiro atoms. The van der Waals surface area contributed by atoms with Crippen LogP contribution in [-0.4, -0.2) is 83.1 Å². The topological polar surface area (TPSA) is 78.9 Å². The molecule has 4 unspecified atom stereocenters. The molecule has 2 amide bonds. The van der Waals surface area contributed by atoms with Crippen molar-refractivity contribution in [3.8, 4) is 0 Å². The average Bonchev–Trinajstić information content (AvgIpc) is 3.41. The van der Waals surface area contributed by atoms with E-state index in [1.165, 1.54) is 4.90 Å². The van der Waals surface area contributed by atoms with Crippen molar-refractivity contribution in [1.29, 1.82) is 0 Å². The monoisotopic (exact) mass is 419 g/mol. The number of carbonyl (C=O) groups excluding carboxylic acids is 2. The molecule has 4 aliphatic heterocycles. The summed E-state index contributed by atoms with van der Waals surface area (Å²) >= 11 is 6.14. The Morgan fingerprint density at radius 2 is 1.55 bits per heavy atom. The molecule has 156 valence electrons. The van der Waals surface area contributed by atoms with E-state index in [1.54, 1.807) is 12.4 Å². The first kappa shape index (κ1) is 19.2. The number of carbonyl (C=O) groups is 2. The second kappa shape index (κ2) is 7.81. The average molecular weight is 420 g/mol. The molecule has 2 bridgehead atoms. The maximum atomic E-state index is 12.7. The van der Waals surface area contributed by atoms with Crippen LogP contribution in [0.25, 0.3) is 0 Å². The molecule has 4 saturated heterocycles. The van der Waals surface area contributed by atoms with Gasteiger partial charge < -0.3 is 9.64 Å². The van der Waals surface area contributed by atoms with E-state index in [9.17, 15) is 9.59 Å². The van der Waals surface area contributed by atoms with E-state index in [0.717, 1.165) is 64.2 Å². The van der Waals surface area contributed by atoms with Crippen LogP contribution in [0.2, 0.25) is 5.15 Å². The molecule has 29 heavy (non-hydrogen) atoms. The Labute approximate surface area is 175 Å². The minimum atomic E-state index is -0.206. The van der Waals surface area contributed by atoms with Crippen molar-refractivity contribution in [1.82, 2.24) is 19.8 Å². The molecule has 5 heterocycles. The van der Waals surface area contributed by atoms with Gasteiger partial charge in [0, 0.05) is 45.1 Å². The molecule has 4 atom stereocenters. The Morgan fingerprint density at radius 3 is 2.21 bits per heavy atom. The standard InChI is InChI=1S/C20H26ClN5O3/c21-17-18(23-6-5-22-17)25-11-9-24(10-12-25)7-1-2-8-26-19(27)15-13-3-4-14(29-13)16(15)20(26)28/h5-6,13-16H,1-4,7-12H2. The van der Waals surface area contributed by atoms with Crippen molar-refractivity contribution in [3.63, 3.8) is 0 Å². The number of aromatic nitrogens is 2. The quantitative estimate of drug-likeness (QED) is 0.506. The van der Waals surface area contributed by atoms with Crippen LogP contribution in [0.1, 0.15) is 25.7 Å². The number of halogens is 1. The smallest absolute Gasteiger partial charge is 0.235 e. The molecule has 1 aromatic heterocycles. The molecule has 8 nitrogen and oxygen atoms in total. The number of amides is 2. The van der Waals surface area contributed by atoms with Crippen LogP contribution in [0.5, 0.6) is 0 Å². The zero-order valence-corrected chi connectivity index (χ0v) is 17.1. The first-order chi connectivity index (χ1) is 14.1. The summed E-state index contributed by atoms with van der Waals surface area (Å²) in [5.41, 5.74) is 0. The Bertz CT molecular complexity index is 772. The summed E-state index contributed by atoms with van der Waals surface area (Å²) in [6, 6.07) is 0. The Morgan fingerprint density at radius 1 is 0.931 bits per heavy atom. The van der Waals surface area contributed by atoms with Gasteiger partial charge >= 0.3 is 0 Å². The van der Waals surface area contributed by atoms with Crippen LogP contribution < -0.4 is 4.90 Å². The predicted octanol–water partition coefficient (Wildman–Crippen LogP) is 1.19. The SMILES string of the molecule is O=C1C2C3CCC(O3)C2C(=O)N1CCCCN1CCN(c2nccnc2Cl)CC1. The van der Waals surface area contributed by atoms with Gasteiger partial charge in [0.05, 0.1) is 24.0 Å². The number of hydrogen-bond acceptors (Lipinski definition) is 7. The Hall–Kier alpha value is -1.77. The lowest BCUT2D eigenvalue weighted by Crippen LogP contribution is -2.47. The second-order valence-electron chi connectivity index (χ2n) is 8.38. The van der Waals surface area contributed by atoms with Crippen molar-refractivity contribution >= 4 is 29.2 Å². The fourth-order valence-electron chi connectivity index (χ4n) is 5.31. The highest BCUT2D eigenvalue weighted by molar-refractivity contribution is 6.31. The Kier molecular flexibility index (Phi) is 5.17. The first-order valence-corrected chi connectivity index (χ1v) is 11.0. The fraction of sp³-hybridized carbons (Fsp3) is 0.700. The number of imide groups is 1. The summed E-state index contributed by atoms with van der Waals surface area (Å²) in [7, 11) is 0. The fourth-order valence-corrected chi connectivity index (χ4v) is 5.53. The summed E-state index contributed by atoms with van der Waals surface area (Å²) < 4.78 is 5.79. The Balaban J connectivity index is 1.06. The molecule has 1 aromatic rings. The normalized spacial score (nSPS) is 31.8. The van der Waals surface area contributed by atoms with Crippen molar-refractivity contribution in [2.45, 2.75) is 37.9 Å². The zero-order chi connectivity index (χ0) is 20.0. The molecule has 0 aromatic carbocycles. The third kappa shape index (κ3) is 3.41. The van der Waals surface area contributed by atoms with E-state index in [2.05, 4.69) is 19.8 Å². The molecule has 0 saturated carbocycles. The molecule has 4 aliphatic rings. The van der Waals surface area contributed by atoms with Gasteiger partial charge in [0.1, 0.15) is 0 Å². The maximum Gasteiger partial charge on any atom is 0.235 e. The highest BCUT2D eigenvalue weighted by Gasteiger charge is 2.62. The first-order valence-electron chi connectivity index (χ1n) is 10.6. The maximum absolute atomic E-state index is 12.7. The van der Waals surface area contributed by atoms with E-state index in [4.69, 9.17) is 16.3 Å².